The molecule has 0 saturated heterocycles. The Kier molecular flexibility index (Phi) is 2.04. The number of hydrogen-bond acceptors (Lipinski definition) is 2. The lowest BCUT2D eigenvalue weighted by molar-refractivity contribution is -0.115. The Balaban J connectivity index is 2.00. The van der Waals surface area contributed by atoms with Crippen LogP contribution in [0.25, 0.3) is 0 Å². The van der Waals surface area contributed by atoms with Crippen molar-refractivity contribution < 1.29 is 4.79 Å². The monoisotopic (exact) mass is 179 g/mol. The molecular formula is C9H13N3O. The van der Waals surface area contributed by atoms with Crippen LogP contribution in [-0.2, 0) is 4.79 Å². The van der Waals surface area contributed by atoms with Gasteiger partial charge >= 0.3 is 0 Å². The third kappa shape index (κ3) is 1.88. The Morgan fingerprint density at radius 3 is 3.15 bits per heavy atom. The molecule has 0 unspecified atom stereocenters. The summed E-state index contributed by atoms with van der Waals surface area (Å²) in [5.41, 5.74) is 1.14. The van der Waals surface area contributed by atoms with E-state index in [1.54, 1.807) is 0 Å². The van der Waals surface area contributed by atoms with E-state index in [-0.39, 0.29) is 5.91 Å². The van der Waals surface area contributed by atoms with E-state index in [4.69, 9.17) is 0 Å². The van der Waals surface area contributed by atoms with E-state index in [1.165, 1.54) is 12.8 Å². The Morgan fingerprint density at radius 1 is 1.77 bits per heavy atom. The van der Waals surface area contributed by atoms with Gasteiger partial charge in [-0.2, -0.15) is 5.10 Å². The molecule has 0 radical (unpaired) electrons. The number of carbonyl (C=O) groups excluding carboxylic acids is 1. The third-order valence-electron chi connectivity index (χ3n) is 2.20. The van der Waals surface area contributed by atoms with Crippen LogP contribution in [-0.4, -0.2) is 16.1 Å². The molecule has 70 valence electrons. The topological polar surface area (TPSA) is 57.8 Å². The molecule has 1 aromatic rings. The van der Waals surface area contributed by atoms with Gasteiger partial charge in [-0.1, -0.05) is 6.92 Å². The van der Waals surface area contributed by atoms with Crippen LogP contribution in [0.3, 0.4) is 0 Å². The van der Waals surface area contributed by atoms with Crippen molar-refractivity contribution in [2.75, 3.05) is 5.32 Å². The van der Waals surface area contributed by atoms with Crippen LogP contribution in [0, 0.1) is 0 Å². The van der Waals surface area contributed by atoms with Crippen molar-refractivity contribution >= 4 is 11.7 Å². The average Bonchev–Trinajstić information content (AvgIpc) is 2.88. The zero-order valence-corrected chi connectivity index (χ0v) is 7.63. The van der Waals surface area contributed by atoms with Crippen molar-refractivity contribution in [1.82, 2.24) is 10.2 Å². The fraction of sp³-hybridized carbons (Fsp3) is 0.556. The minimum absolute atomic E-state index is 0.00819. The van der Waals surface area contributed by atoms with E-state index in [0.717, 1.165) is 5.69 Å². The fourth-order valence-electron chi connectivity index (χ4n) is 1.24. The van der Waals surface area contributed by atoms with E-state index >= 15 is 0 Å². The summed E-state index contributed by atoms with van der Waals surface area (Å²) in [6, 6.07) is 1.92. The van der Waals surface area contributed by atoms with Gasteiger partial charge in [-0.05, 0) is 12.8 Å². The van der Waals surface area contributed by atoms with Crippen molar-refractivity contribution in [2.45, 2.75) is 32.1 Å². The molecule has 1 amide bonds. The van der Waals surface area contributed by atoms with Gasteiger partial charge in [0.2, 0.25) is 5.91 Å². The predicted octanol–water partition coefficient (Wildman–Crippen LogP) is 1.64. The highest BCUT2D eigenvalue weighted by Crippen LogP contribution is 2.39. The molecule has 2 rings (SSSR count). The molecule has 1 fully saturated rings. The molecule has 2 N–H and O–H groups in total. The van der Waals surface area contributed by atoms with Crippen LogP contribution in [0.5, 0.6) is 0 Å². The molecule has 0 spiro atoms. The normalized spacial score (nSPS) is 15.8. The van der Waals surface area contributed by atoms with Crippen LogP contribution in [0.4, 0.5) is 5.82 Å². The van der Waals surface area contributed by atoms with Gasteiger partial charge in [-0.15, -0.1) is 0 Å². The maximum atomic E-state index is 11.0. The molecule has 1 heterocycles. The molecule has 4 nitrogen and oxygen atoms in total. The van der Waals surface area contributed by atoms with E-state index in [9.17, 15) is 4.79 Å². The zero-order chi connectivity index (χ0) is 9.26. The molecule has 1 aromatic heterocycles. The number of nitrogens with zero attached hydrogens (tertiary/aromatic N) is 1. The molecule has 13 heavy (non-hydrogen) atoms. The standard InChI is InChI=1S/C9H13N3O/c1-2-9(13)10-8-5-7(11-12-8)6-3-4-6/h5-6H,2-4H2,1H3,(H2,10,11,12,13). The summed E-state index contributed by atoms with van der Waals surface area (Å²) in [6.45, 7) is 1.82. The second-order valence-electron chi connectivity index (χ2n) is 3.38. The highest BCUT2D eigenvalue weighted by molar-refractivity contribution is 5.89. The second-order valence-corrected chi connectivity index (χ2v) is 3.38. The zero-order valence-electron chi connectivity index (χ0n) is 7.63. The highest BCUT2D eigenvalue weighted by atomic mass is 16.1. The van der Waals surface area contributed by atoms with Crippen molar-refractivity contribution in [3.63, 3.8) is 0 Å². The first-order chi connectivity index (χ1) is 6.29. The van der Waals surface area contributed by atoms with Crippen LogP contribution in [0.15, 0.2) is 6.07 Å². The number of carbonyl (C=O) groups is 1. The van der Waals surface area contributed by atoms with Crippen molar-refractivity contribution in [3.8, 4) is 0 Å². The SMILES string of the molecule is CCC(=O)Nc1cc(C2CC2)[nH]n1. The summed E-state index contributed by atoms with van der Waals surface area (Å²) in [4.78, 5) is 11.0. The minimum atomic E-state index is 0.00819. The Labute approximate surface area is 76.7 Å². The lowest BCUT2D eigenvalue weighted by Crippen LogP contribution is -2.09. The molecule has 1 saturated carbocycles. The van der Waals surface area contributed by atoms with Crippen LogP contribution < -0.4 is 5.32 Å². The van der Waals surface area contributed by atoms with Crippen molar-refractivity contribution in [2.24, 2.45) is 0 Å². The molecule has 0 aliphatic heterocycles. The van der Waals surface area contributed by atoms with Gasteiger partial charge in [0.1, 0.15) is 0 Å². The van der Waals surface area contributed by atoms with Crippen LogP contribution >= 0.6 is 0 Å². The first-order valence-electron chi connectivity index (χ1n) is 4.64. The molecule has 1 aliphatic rings. The van der Waals surface area contributed by atoms with E-state index < -0.39 is 0 Å². The van der Waals surface area contributed by atoms with Crippen LogP contribution in [0.2, 0.25) is 0 Å². The Bertz CT molecular complexity index is 314. The Morgan fingerprint density at radius 2 is 2.54 bits per heavy atom. The molecule has 4 heteroatoms. The summed E-state index contributed by atoms with van der Waals surface area (Å²) in [5.74, 6) is 1.31. The maximum Gasteiger partial charge on any atom is 0.225 e. The van der Waals surface area contributed by atoms with Gasteiger partial charge in [-0.25, -0.2) is 0 Å². The van der Waals surface area contributed by atoms with Crippen molar-refractivity contribution in [1.29, 1.82) is 0 Å². The number of amides is 1. The van der Waals surface area contributed by atoms with Gasteiger partial charge in [-0.3, -0.25) is 9.89 Å². The molecule has 0 bridgehead atoms. The number of aromatic amines is 1. The number of rotatable bonds is 3. The molecule has 1 aliphatic carbocycles. The second kappa shape index (κ2) is 3.20. The van der Waals surface area contributed by atoms with E-state index in [0.29, 0.717) is 18.2 Å². The number of nitrogens with one attached hydrogen (secondary N) is 2. The van der Waals surface area contributed by atoms with Gasteiger partial charge in [0, 0.05) is 24.1 Å². The predicted molar refractivity (Wildman–Crippen MR) is 49.5 cm³/mol. The summed E-state index contributed by atoms with van der Waals surface area (Å²) >= 11 is 0. The summed E-state index contributed by atoms with van der Waals surface area (Å²) in [5, 5.41) is 9.65. The molecule has 0 atom stereocenters. The van der Waals surface area contributed by atoms with Gasteiger partial charge in [0.25, 0.3) is 0 Å². The van der Waals surface area contributed by atoms with E-state index in [1.807, 2.05) is 13.0 Å². The van der Waals surface area contributed by atoms with Crippen molar-refractivity contribution in [3.05, 3.63) is 11.8 Å². The van der Waals surface area contributed by atoms with Gasteiger partial charge < -0.3 is 5.32 Å². The molecular weight excluding hydrogens is 166 g/mol. The fourth-order valence-corrected chi connectivity index (χ4v) is 1.24. The maximum absolute atomic E-state index is 11.0. The Hall–Kier alpha value is -1.32. The lowest BCUT2D eigenvalue weighted by Gasteiger charge is -1.95. The third-order valence-corrected chi connectivity index (χ3v) is 2.20. The molecule has 0 aromatic carbocycles. The summed E-state index contributed by atoms with van der Waals surface area (Å²) in [7, 11) is 0. The number of H-pyrrole nitrogens is 1. The van der Waals surface area contributed by atoms with E-state index in [2.05, 4.69) is 15.5 Å². The van der Waals surface area contributed by atoms with Crippen LogP contribution in [0.1, 0.15) is 37.8 Å². The highest BCUT2D eigenvalue weighted by Gasteiger charge is 2.25. The summed E-state index contributed by atoms with van der Waals surface area (Å²) in [6.07, 6.45) is 2.97. The van der Waals surface area contributed by atoms with Gasteiger partial charge in [0.15, 0.2) is 5.82 Å². The number of anilines is 1. The number of aromatic nitrogens is 2. The first kappa shape index (κ1) is 8.29. The average molecular weight is 179 g/mol. The lowest BCUT2D eigenvalue weighted by atomic mass is 10.3. The largest absolute Gasteiger partial charge is 0.309 e. The van der Waals surface area contributed by atoms with Gasteiger partial charge in [0.05, 0.1) is 0 Å². The summed E-state index contributed by atoms with van der Waals surface area (Å²) < 4.78 is 0. The first-order valence-corrected chi connectivity index (χ1v) is 4.64. The minimum Gasteiger partial charge on any atom is -0.309 e. The smallest absolute Gasteiger partial charge is 0.225 e. The number of hydrogen-bond donors (Lipinski definition) is 2. The quantitative estimate of drug-likeness (QED) is 0.741.